The largest absolute Gasteiger partial charge is 0.497 e. The fraction of sp³-hybridized carbons (Fsp3) is 0.444. The first kappa shape index (κ1) is 16.5. The molecule has 2 aromatic rings. The molecule has 1 fully saturated rings. The van der Waals surface area contributed by atoms with E-state index in [0.29, 0.717) is 18.8 Å². The summed E-state index contributed by atoms with van der Waals surface area (Å²) >= 11 is 0. The number of rotatable bonds is 6. The zero-order valence-corrected chi connectivity index (χ0v) is 14.0. The van der Waals surface area contributed by atoms with E-state index in [1.807, 2.05) is 30.3 Å². The van der Waals surface area contributed by atoms with Crippen LogP contribution in [-0.4, -0.2) is 42.3 Å². The molecule has 3 rings (SSSR count). The number of ether oxygens (including phenoxy) is 2. The first-order valence-corrected chi connectivity index (χ1v) is 8.13. The molecule has 0 bridgehead atoms. The smallest absolute Gasteiger partial charge is 0.219 e. The molecule has 1 atom stereocenters. The molecule has 24 heavy (non-hydrogen) atoms. The standard InChI is InChI=1S/C18H22N2O4/c1-13(21)20(12-17-7-4-8-23-17)11-15-10-18(24-19-15)14-5-3-6-16(9-14)22-2/h3,5-6,9-10,17H,4,7-8,11-12H2,1-2H3/t17-/m1/s1. The lowest BCUT2D eigenvalue weighted by Gasteiger charge is -2.22. The highest BCUT2D eigenvalue weighted by atomic mass is 16.5. The van der Waals surface area contributed by atoms with Gasteiger partial charge in [0, 0.05) is 31.7 Å². The van der Waals surface area contributed by atoms with Gasteiger partial charge in [-0.1, -0.05) is 17.3 Å². The van der Waals surface area contributed by atoms with Gasteiger partial charge < -0.3 is 18.9 Å². The van der Waals surface area contributed by atoms with Gasteiger partial charge in [0.15, 0.2) is 5.76 Å². The molecule has 1 aliphatic heterocycles. The van der Waals surface area contributed by atoms with Crippen molar-refractivity contribution in [1.82, 2.24) is 10.1 Å². The Morgan fingerprint density at radius 1 is 1.42 bits per heavy atom. The predicted molar refractivity (Wildman–Crippen MR) is 88.6 cm³/mol. The number of aromatic nitrogens is 1. The lowest BCUT2D eigenvalue weighted by Crippen LogP contribution is -2.35. The Labute approximate surface area is 141 Å². The Hall–Kier alpha value is -2.34. The van der Waals surface area contributed by atoms with Crippen molar-refractivity contribution in [2.24, 2.45) is 0 Å². The maximum Gasteiger partial charge on any atom is 0.219 e. The molecule has 0 radical (unpaired) electrons. The molecule has 0 spiro atoms. The van der Waals surface area contributed by atoms with Crippen molar-refractivity contribution in [3.63, 3.8) is 0 Å². The Bertz CT molecular complexity index is 692. The van der Waals surface area contributed by atoms with Crippen LogP contribution >= 0.6 is 0 Å². The van der Waals surface area contributed by atoms with E-state index < -0.39 is 0 Å². The summed E-state index contributed by atoms with van der Waals surface area (Å²) in [6.45, 7) is 3.36. The highest BCUT2D eigenvalue weighted by Gasteiger charge is 2.22. The zero-order chi connectivity index (χ0) is 16.9. The topological polar surface area (TPSA) is 64.8 Å². The Morgan fingerprint density at radius 3 is 3.00 bits per heavy atom. The minimum Gasteiger partial charge on any atom is -0.497 e. The van der Waals surface area contributed by atoms with E-state index in [1.54, 1.807) is 18.9 Å². The third kappa shape index (κ3) is 3.94. The number of methoxy groups -OCH3 is 1. The van der Waals surface area contributed by atoms with Crippen LogP contribution in [0, 0.1) is 0 Å². The molecule has 1 aliphatic rings. The second-order valence-corrected chi connectivity index (χ2v) is 5.95. The number of carbonyl (C=O) groups is 1. The van der Waals surface area contributed by atoms with Crippen molar-refractivity contribution in [3.05, 3.63) is 36.0 Å². The van der Waals surface area contributed by atoms with Gasteiger partial charge in [0.2, 0.25) is 5.91 Å². The number of hydrogen-bond acceptors (Lipinski definition) is 5. The fourth-order valence-electron chi connectivity index (χ4n) is 2.83. The summed E-state index contributed by atoms with van der Waals surface area (Å²) in [5, 5.41) is 4.09. The van der Waals surface area contributed by atoms with Crippen molar-refractivity contribution in [1.29, 1.82) is 0 Å². The number of hydrogen-bond donors (Lipinski definition) is 0. The number of amides is 1. The first-order valence-electron chi connectivity index (χ1n) is 8.13. The fourth-order valence-corrected chi connectivity index (χ4v) is 2.83. The monoisotopic (exact) mass is 330 g/mol. The summed E-state index contributed by atoms with van der Waals surface area (Å²) in [5.41, 5.74) is 1.61. The second-order valence-electron chi connectivity index (χ2n) is 5.95. The summed E-state index contributed by atoms with van der Waals surface area (Å²) in [6, 6.07) is 9.46. The van der Waals surface area contributed by atoms with Crippen LogP contribution in [0.1, 0.15) is 25.5 Å². The van der Waals surface area contributed by atoms with E-state index in [2.05, 4.69) is 5.16 Å². The quantitative estimate of drug-likeness (QED) is 0.815. The average molecular weight is 330 g/mol. The Morgan fingerprint density at radius 2 is 2.29 bits per heavy atom. The number of benzene rings is 1. The molecule has 1 saturated heterocycles. The van der Waals surface area contributed by atoms with Crippen molar-refractivity contribution in [2.45, 2.75) is 32.4 Å². The first-order chi connectivity index (χ1) is 11.7. The van der Waals surface area contributed by atoms with Gasteiger partial charge in [-0.15, -0.1) is 0 Å². The minimum atomic E-state index is 0.0106. The van der Waals surface area contributed by atoms with Gasteiger partial charge in [-0.2, -0.15) is 0 Å². The molecule has 2 heterocycles. The molecule has 1 aromatic carbocycles. The maximum atomic E-state index is 11.9. The maximum absolute atomic E-state index is 11.9. The van der Waals surface area contributed by atoms with E-state index in [1.165, 1.54) is 0 Å². The van der Waals surface area contributed by atoms with Crippen LogP contribution in [-0.2, 0) is 16.1 Å². The molecule has 0 saturated carbocycles. The van der Waals surface area contributed by atoms with E-state index in [0.717, 1.165) is 36.5 Å². The van der Waals surface area contributed by atoms with Crippen LogP contribution in [0.5, 0.6) is 5.75 Å². The van der Waals surface area contributed by atoms with Gasteiger partial charge in [-0.25, -0.2) is 0 Å². The molecule has 6 heteroatoms. The summed E-state index contributed by atoms with van der Waals surface area (Å²) < 4.78 is 16.3. The third-order valence-corrected chi connectivity index (χ3v) is 4.16. The van der Waals surface area contributed by atoms with Gasteiger partial charge in [0.1, 0.15) is 11.4 Å². The highest BCUT2D eigenvalue weighted by molar-refractivity contribution is 5.73. The van der Waals surface area contributed by atoms with Crippen LogP contribution in [0.2, 0.25) is 0 Å². The zero-order valence-electron chi connectivity index (χ0n) is 14.0. The van der Waals surface area contributed by atoms with Crippen molar-refractivity contribution in [3.8, 4) is 17.1 Å². The van der Waals surface area contributed by atoms with Gasteiger partial charge in [-0.05, 0) is 25.0 Å². The average Bonchev–Trinajstić information content (AvgIpc) is 3.26. The summed E-state index contributed by atoms with van der Waals surface area (Å²) in [6.07, 6.45) is 2.18. The lowest BCUT2D eigenvalue weighted by molar-refractivity contribution is -0.131. The lowest BCUT2D eigenvalue weighted by atomic mass is 10.1. The highest BCUT2D eigenvalue weighted by Crippen LogP contribution is 2.25. The molecule has 128 valence electrons. The van der Waals surface area contributed by atoms with Crippen molar-refractivity contribution >= 4 is 5.91 Å². The molecule has 0 N–H and O–H groups in total. The minimum absolute atomic E-state index is 0.0106. The third-order valence-electron chi connectivity index (χ3n) is 4.16. The molecular formula is C18H22N2O4. The SMILES string of the molecule is COc1cccc(-c2cc(CN(C[C@H]3CCCO3)C(C)=O)no2)c1. The Kier molecular flexibility index (Phi) is 5.15. The molecular weight excluding hydrogens is 308 g/mol. The molecule has 1 aromatic heterocycles. The second kappa shape index (κ2) is 7.49. The van der Waals surface area contributed by atoms with Gasteiger partial charge >= 0.3 is 0 Å². The van der Waals surface area contributed by atoms with Crippen molar-refractivity contribution < 1.29 is 18.8 Å². The van der Waals surface area contributed by atoms with Crippen LogP contribution in [0.3, 0.4) is 0 Å². The molecule has 0 unspecified atom stereocenters. The molecule has 0 aliphatic carbocycles. The van der Waals surface area contributed by atoms with Crippen LogP contribution in [0.15, 0.2) is 34.9 Å². The molecule has 1 amide bonds. The van der Waals surface area contributed by atoms with E-state index in [4.69, 9.17) is 14.0 Å². The van der Waals surface area contributed by atoms with Crippen LogP contribution in [0.4, 0.5) is 0 Å². The van der Waals surface area contributed by atoms with Crippen LogP contribution < -0.4 is 4.74 Å². The Balaban J connectivity index is 1.70. The predicted octanol–water partition coefficient (Wildman–Crippen LogP) is 2.88. The summed E-state index contributed by atoms with van der Waals surface area (Å²) in [7, 11) is 1.63. The van der Waals surface area contributed by atoms with Crippen LogP contribution in [0.25, 0.3) is 11.3 Å². The van der Waals surface area contributed by atoms with Gasteiger partial charge in [0.05, 0.1) is 19.8 Å². The van der Waals surface area contributed by atoms with E-state index in [-0.39, 0.29) is 12.0 Å². The molecule has 6 nitrogen and oxygen atoms in total. The summed E-state index contributed by atoms with van der Waals surface area (Å²) in [5.74, 6) is 1.43. The van der Waals surface area contributed by atoms with Crippen molar-refractivity contribution in [2.75, 3.05) is 20.3 Å². The van der Waals surface area contributed by atoms with E-state index >= 15 is 0 Å². The number of carbonyl (C=O) groups excluding carboxylic acids is 1. The van der Waals surface area contributed by atoms with Gasteiger partial charge in [-0.3, -0.25) is 4.79 Å². The summed E-state index contributed by atoms with van der Waals surface area (Å²) in [4.78, 5) is 13.6. The van der Waals surface area contributed by atoms with Gasteiger partial charge in [0.25, 0.3) is 0 Å². The van der Waals surface area contributed by atoms with E-state index in [9.17, 15) is 4.79 Å². The number of nitrogens with zero attached hydrogens (tertiary/aromatic N) is 2. The normalized spacial score (nSPS) is 17.0.